The van der Waals surface area contributed by atoms with Gasteiger partial charge in [0.05, 0.1) is 17.6 Å². The number of para-hydroxylation sites is 1. The van der Waals surface area contributed by atoms with Gasteiger partial charge in [-0.15, -0.1) is 0 Å². The summed E-state index contributed by atoms with van der Waals surface area (Å²) in [5, 5.41) is 16.1. The molecule has 0 amide bonds. The van der Waals surface area contributed by atoms with E-state index < -0.39 is 0 Å². The van der Waals surface area contributed by atoms with Crippen LogP contribution >= 0.6 is 0 Å². The summed E-state index contributed by atoms with van der Waals surface area (Å²) in [4.78, 5) is 4.54. The highest BCUT2D eigenvalue weighted by atomic mass is 16.4. The highest BCUT2D eigenvalue weighted by Gasteiger charge is 2.11. The van der Waals surface area contributed by atoms with E-state index in [0.717, 1.165) is 22.4 Å². The van der Waals surface area contributed by atoms with Crippen molar-refractivity contribution in [1.82, 2.24) is 4.98 Å². The van der Waals surface area contributed by atoms with E-state index in [0.29, 0.717) is 17.9 Å². The summed E-state index contributed by atoms with van der Waals surface area (Å²) in [5.41, 5.74) is 7.13. The Balaban J connectivity index is 1.98. The van der Waals surface area contributed by atoms with Gasteiger partial charge >= 0.3 is 0 Å². The van der Waals surface area contributed by atoms with Crippen molar-refractivity contribution in [3.8, 4) is 0 Å². The molecule has 0 saturated carbocycles. The minimum Gasteiger partial charge on any atom is -0.465 e. The molecule has 6 heteroatoms. The molecule has 4 N–H and O–H groups in total. The molecule has 0 atom stereocenters. The Morgan fingerprint density at radius 1 is 1.32 bits per heavy atom. The topological polar surface area (TPSA) is 96.7 Å². The number of aryl methyl sites for hydroxylation is 1. The quantitative estimate of drug-likeness (QED) is 0.298. The maximum Gasteiger partial charge on any atom is 0.173 e. The molecule has 22 heavy (non-hydrogen) atoms. The van der Waals surface area contributed by atoms with Crippen LogP contribution in [0.25, 0.3) is 10.9 Å². The first kappa shape index (κ1) is 13.9. The predicted molar refractivity (Wildman–Crippen MR) is 85.0 cm³/mol. The number of hydrogen-bond donors (Lipinski definition) is 3. The van der Waals surface area contributed by atoms with Gasteiger partial charge in [-0.3, -0.25) is 0 Å². The van der Waals surface area contributed by atoms with Gasteiger partial charge < -0.3 is 20.7 Å². The minimum absolute atomic E-state index is 0.0105. The van der Waals surface area contributed by atoms with Gasteiger partial charge in [0.2, 0.25) is 0 Å². The van der Waals surface area contributed by atoms with Crippen molar-refractivity contribution < 1.29 is 9.62 Å². The molecule has 0 aliphatic carbocycles. The molecule has 3 aromatic rings. The maximum absolute atomic E-state index is 8.96. The summed E-state index contributed by atoms with van der Waals surface area (Å²) in [7, 11) is 0. The third kappa shape index (κ3) is 2.71. The molecule has 0 spiro atoms. The molecule has 2 heterocycles. The Morgan fingerprint density at radius 3 is 2.86 bits per heavy atom. The number of hydrogen-bond acceptors (Lipinski definition) is 5. The number of aromatic nitrogens is 1. The number of benzene rings is 1. The second-order valence-electron chi connectivity index (χ2n) is 4.93. The number of nitrogens with two attached hydrogens (primary N) is 1. The Bertz CT molecular complexity index is 839. The number of anilines is 1. The van der Waals surface area contributed by atoms with E-state index in [1.54, 1.807) is 0 Å². The van der Waals surface area contributed by atoms with Crippen LogP contribution in [0.15, 0.2) is 52.0 Å². The number of amidine groups is 1. The van der Waals surface area contributed by atoms with Gasteiger partial charge in [0.15, 0.2) is 5.84 Å². The Morgan fingerprint density at radius 2 is 2.14 bits per heavy atom. The first-order valence-electron chi connectivity index (χ1n) is 6.84. The molecule has 0 fully saturated rings. The third-order valence-corrected chi connectivity index (χ3v) is 3.33. The normalized spacial score (nSPS) is 11.8. The van der Waals surface area contributed by atoms with Crippen molar-refractivity contribution in [2.24, 2.45) is 10.9 Å². The molecule has 0 aliphatic rings. The summed E-state index contributed by atoms with van der Waals surface area (Å²) in [6.45, 7) is 2.35. The van der Waals surface area contributed by atoms with Gasteiger partial charge in [-0.25, -0.2) is 4.98 Å². The number of furan rings is 1. The molecule has 112 valence electrons. The van der Waals surface area contributed by atoms with Crippen LogP contribution in [0.2, 0.25) is 0 Å². The van der Waals surface area contributed by atoms with Crippen molar-refractivity contribution in [3.63, 3.8) is 0 Å². The van der Waals surface area contributed by atoms with Crippen LogP contribution in [0, 0.1) is 6.92 Å². The van der Waals surface area contributed by atoms with Crippen molar-refractivity contribution in [3.05, 3.63) is 59.5 Å². The van der Waals surface area contributed by atoms with Gasteiger partial charge in [0, 0.05) is 5.39 Å². The standard InChI is InChI=1S/C16H16N4O2/c1-10-6-7-12(22-10)9-18-16-13(15(17)20-21)8-11-4-2-3-5-14(11)19-16/h2-8,21H,9H2,1H3,(H2,17,20)(H,18,19). The summed E-state index contributed by atoms with van der Waals surface area (Å²) in [6, 6.07) is 13.3. The van der Waals surface area contributed by atoms with E-state index in [4.69, 9.17) is 15.4 Å². The number of nitrogens with one attached hydrogen (secondary N) is 1. The molecule has 1 aromatic carbocycles. The molecule has 6 nitrogen and oxygen atoms in total. The third-order valence-electron chi connectivity index (χ3n) is 3.33. The van der Waals surface area contributed by atoms with Gasteiger partial charge in [-0.2, -0.15) is 0 Å². The number of rotatable bonds is 4. The molecular formula is C16H16N4O2. The van der Waals surface area contributed by atoms with E-state index in [1.807, 2.05) is 49.4 Å². The van der Waals surface area contributed by atoms with Gasteiger partial charge in [0.25, 0.3) is 0 Å². The second kappa shape index (κ2) is 5.77. The van der Waals surface area contributed by atoms with Crippen LogP contribution in [-0.2, 0) is 6.54 Å². The monoisotopic (exact) mass is 296 g/mol. The second-order valence-corrected chi connectivity index (χ2v) is 4.93. The fraction of sp³-hybridized carbons (Fsp3) is 0.125. The molecule has 0 unspecified atom stereocenters. The number of pyridine rings is 1. The van der Waals surface area contributed by atoms with Gasteiger partial charge in [-0.05, 0) is 31.2 Å². The lowest BCUT2D eigenvalue weighted by Gasteiger charge is -2.11. The molecule has 0 saturated heterocycles. The first-order valence-corrected chi connectivity index (χ1v) is 6.84. The zero-order chi connectivity index (χ0) is 15.5. The summed E-state index contributed by atoms with van der Waals surface area (Å²) in [5.74, 6) is 2.19. The lowest BCUT2D eigenvalue weighted by molar-refractivity contribution is 0.318. The summed E-state index contributed by atoms with van der Waals surface area (Å²) < 4.78 is 5.52. The fourth-order valence-electron chi connectivity index (χ4n) is 2.25. The summed E-state index contributed by atoms with van der Waals surface area (Å²) >= 11 is 0. The SMILES string of the molecule is Cc1ccc(CNc2nc3ccccc3cc2C(N)=NO)o1. The Hall–Kier alpha value is -3.02. The van der Waals surface area contributed by atoms with E-state index >= 15 is 0 Å². The highest BCUT2D eigenvalue weighted by Crippen LogP contribution is 2.21. The predicted octanol–water partition coefficient (Wildman–Crippen LogP) is 2.84. The van der Waals surface area contributed by atoms with Crippen molar-refractivity contribution in [1.29, 1.82) is 0 Å². The summed E-state index contributed by atoms with van der Waals surface area (Å²) in [6.07, 6.45) is 0. The molecule has 3 rings (SSSR count). The lowest BCUT2D eigenvalue weighted by atomic mass is 10.1. The fourth-order valence-corrected chi connectivity index (χ4v) is 2.25. The van der Waals surface area contributed by atoms with Gasteiger partial charge in [0.1, 0.15) is 17.3 Å². The smallest absolute Gasteiger partial charge is 0.173 e. The molecular weight excluding hydrogens is 280 g/mol. The maximum atomic E-state index is 8.96. The van der Waals surface area contributed by atoms with E-state index in [-0.39, 0.29) is 5.84 Å². The Kier molecular flexibility index (Phi) is 3.65. The number of oxime groups is 1. The average molecular weight is 296 g/mol. The number of nitrogens with zero attached hydrogens (tertiary/aromatic N) is 2. The van der Waals surface area contributed by atoms with E-state index in [2.05, 4.69) is 15.5 Å². The molecule has 0 bridgehead atoms. The van der Waals surface area contributed by atoms with Crippen LogP contribution in [0.5, 0.6) is 0 Å². The van der Waals surface area contributed by atoms with Crippen molar-refractivity contribution in [2.75, 3.05) is 5.32 Å². The number of fused-ring (bicyclic) bond motifs is 1. The molecule has 0 radical (unpaired) electrons. The Labute approximate surface area is 127 Å². The van der Waals surface area contributed by atoms with Crippen LogP contribution < -0.4 is 11.1 Å². The molecule has 2 aromatic heterocycles. The van der Waals surface area contributed by atoms with Crippen LogP contribution in [-0.4, -0.2) is 16.0 Å². The average Bonchev–Trinajstić information content (AvgIpc) is 2.96. The van der Waals surface area contributed by atoms with E-state index in [9.17, 15) is 0 Å². The minimum atomic E-state index is 0.0105. The van der Waals surface area contributed by atoms with Crippen LogP contribution in [0.1, 0.15) is 17.1 Å². The van der Waals surface area contributed by atoms with Gasteiger partial charge in [-0.1, -0.05) is 23.4 Å². The zero-order valence-corrected chi connectivity index (χ0v) is 12.1. The van der Waals surface area contributed by atoms with Crippen molar-refractivity contribution in [2.45, 2.75) is 13.5 Å². The highest BCUT2D eigenvalue weighted by molar-refractivity contribution is 6.04. The van der Waals surface area contributed by atoms with Crippen LogP contribution in [0.3, 0.4) is 0 Å². The lowest BCUT2D eigenvalue weighted by Crippen LogP contribution is -2.17. The largest absolute Gasteiger partial charge is 0.465 e. The molecule has 0 aliphatic heterocycles. The first-order chi connectivity index (χ1) is 10.7. The van der Waals surface area contributed by atoms with E-state index in [1.165, 1.54) is 0 Å². The zero-order valence-electron chi connectivity index (χ0n) is 12.1. The van der Waals surface area contributed by atoms with Crippen molar-refractivity contribution >= 4 is 22.6 Å². The van der Waals surface area contributed by atoms with Crippen LogP contribution in [0.4, 0.5) is 5.82 Å².